The fourth-order valence-electron chi connectivity index (χ4n) is 0.703. The quantitative estimate of drug-likeness (QED) is 0.655. The highest BCUT2D eigenvalue weighted by molar-refractivity contribution is 5.35. The molecule has 0 aliphatic rings. The molecular formula is C6H2F2N2O2. The Labute approximate surface area is 64.8 Å². The van der Waals surface area contributed by atoms with Crippen LogP contribution in [0.5, 0.6) is 0 Å². The van der Waals surface area contributed by atoms with Gasteiger partial charge in [0, 0.05) is 0 Å². The van der Waals surface area contributed by atoms with Gasteiger partial charge in [-0.1, -0.05) is 0 Å². The second-order valence-electron chi connectivity index (χ2n) is 1.92. The van der Waals surface area contributed by atoms with Crippen LogP contribution in [-0.4, -0.2) is 9.97 Å². The molecule has 0 fully saturated rings. The molecule has 0 unspecified atom stereocenters. The van der Waals surface area contributed by atoms with E-state index in [1.165, 1.54) is 12.5 Å². The van der Waals surface area contributed by atoms with Crippen LogP contribution >= 0.6 is 0 Å². The summed E-state index contributed by atoms with van der Waals surface area (Å²) in [5.41, 5.74) is 0. The van der Waals surface area contributed by atoms with Crippen LogP contribution in [0.3, 0.4) is 0 Å². The van der Waals surface area contributed by atoms with Gasteiger partial charge in [-0.15, -0.1) is 0 Å². The molecule has 0 N–H and O–H groups in total. The van der Waals surface area contributed by atoms with Gasteiger partial charge in [0.1, 0.15) is 6.26 Å². The largest absolute Gasteiger partial charge is 0.441 e. The maximum atomic E-state index is 12.3. The number of hydrogen-bond acceptors (Lipinski definition) is 4. The lowest BCUT2D eigenvalue weighted by Gasteiger charge is -1.81. The van der Waals surface area contributed by atoms with Crippen LogP contribution in [0.4, 0.5) is 8.78 Å². The van der Waals surface area contributed by atoms with Gasteiger partial charge in [0.05, 0.1) is 6.20 Å². The van der Waals surface area contributed by atoms with Crippen LogP contribution in [0.1, 0.15) is 0 Å². The molecule has 2 rings (SSSR count). The van der Waals surface area contributed by atoms with Crippen molar-refractivity contribution in [3.05, 3.63) is 24.4 Å². The minimum atomic E-state index is -1.37. The predicted molar refractivity (Wildman–Crippen MR) is 31.9 cm³/mol. The molecule has 2 heterocycles. The van der Waals surface area contributed by atoms with E-state index in [-0.39, 0.29) is 11.8 Å². The lowest BCUT2D eigenvalue weighted by atomic mass is 10.7. The predicted octanol–water partition coefficient (Wildman–Crippen LogP) is 1.61. The molecule has 2 aromatic rings. The van der Waals surface area contributed by atoms with Gasteiger partial charge in [0.25, 0.3) is 17.7 Å². The van der Waals surface area contributed by atoms with Crippen molar-refractivity contribution in [1.29, 1.82) is 0 Å². The maximum absolute atomic E-state index is 12.3. The summed E-state index contributed by atoms with van der Waals surface area (Å²) < 4.78 is 33.5. The molecule has 0 aromatic carbocycles. The van der Waals surface area contributed by atoms with E-state index in [0.717, 1.165) is 0 Å². The zero-order chi connectivity index (χ0) is 8.55. The Hall–Kier alpha value is -1.72. The summed E-state index contributed by atoms with van der Waals surface area (Å²) in [5, 5.41) is 0. The Morgan fingerprint density at radius 3 is 2.58 bits per heavy atom. The van der Waals surface area contributed by atoms with Gasteiger partial charge in [-0.05, 0) is 0 Å². The molecule has 2 aromatic heterocycles. The highest BCUT2D eigenvalue weighted by Gasteiger charge is 2.16. The Bertz CT molecular complexity index is 363. The number of nitrogens with zero attached hydrogens (tertiary/aromatic N) is 2. The minimum absolute atomic E-state index is 0.0576. The van der Waals surface area contributed by atoms with Crippen molar-refractivity contribution in [3.63, 3.8) is 0 Å². The van der Waals surface area contributed by atoms with Crippen LogP contribution in [0.15, 0.2) is 21.3 Å². The molecule has 6 heteroatoms. The molecule has 0 radical (unpaired) electrons. The third-order valence-corrected chi connectivity index (χ3v) is 1.16. The Kier molecular flexibility index (Phi) is 1.39. The first-order valence-electron chi connectivity index (χ1n) is 2.99. The summed E-state index contributed by atoms with van der Waals surface area (Å²) in [4.78, 5) is 6.67. The molecule has 0 saturated heterocycles. The zero-order valence-electron chi connectivity index (χ0n) is 5.62. The molecule has 0 amide bonds. The van der Waals surface area contributed by atoms with E-state index < -0.39 is 12.0 Å². The third kappa shape index (κ3) is 0.969. The van der Waals surface area contributed by atoms with Gasteiger partial charge in [-0.25, -0.2) is 4.98 Å². The summed E-state index contributed by atoms with van der Waals surface area (Å²) >= 11 is 0. The maximum Gasteiger partial charge on any atom is 0.336 e. The fourth-order valence-corrected chi connectivity index (χ4v) is 0.703. The average Bonchev–Trinajstić information content (AvgIpc) is 2.61. The first-order chi connectivity index (χ1) is 5.77. The van der Waals surface area contributed by atoms with Crippen molar-refractivity contribution in [2.45, 2.75) is 0 Å². The Morgan fingerprint density at radius 1 is 1.25 bits per heavy atom. The van der Waals surface area contributed by atoms with Gasteiger partial charge in [0.2, 0.25) is 0 Å². The SMILES string of the molecule is Fc1nc(-c2ncco2)oc1F. The molecule has 0 spiro atoms. The van der Waals surface area contributed by atoms with E-state index in [1.807, 2.05) is 0 Å². The fraction of sp³-hybridized carbons (Fsp3) is 0. The van der Waals surface area contributed by atoms with E-state index >= 15 is 0 Å². The number of oxazole rings is 2. The van der Waals surface area contributed by atoms with Gasteiger partial charge in [-0.2, -0.15) is 13.8 Å². The summed E-state index contributed by atoms with van der Waals surface area (Å²) in [6.45, 7) is 0. The molecule has 0 aliphatic carbocycles. The molecule has 0 bridgehead atoms. The number of rotatable bonds is 1. The highest BCUT2D eigenvalue weighted by Crippen LogP contribution is 2.17. The first-order valence-corrected chi connectivity index (χ1v) is 2.99. The molecule has 0 aliphatic heterocycles. The van der Waals surface area contributed by atoms with Crippen molar-refractivity contribution in [3.8, 4) is 11.8 Å². The molecule has 4 nitrogen and oxygen atoms in total. The number of hydrogen-bond donors (Lipinski definition) is 0. The Balaban J connectivity index is 2.48. The molecule has 0 atom stereocenters. The van der Waals surface area contributed by atoms with Crippen LogP contribution in [0.2, 0.25) is 0 Å². The van der Waals surface area contributed by atoms with Crippen molar-refractivity contribution in [2.75, 3.05) is 0 Å². The van der Waals surface area contributed by atoms with Crippen molar-refractivity contribution < 1.29 is 17.6 Å². The van der Waals surface area contributed by atoms with Gasteiger partial charge < -0.3 is 8.83 Å². The lowest BCUT2D eigenvalue weighted by Crippen LogP contribution is -1.77. The monoisotopic (exact) mass is 172 g/mol. The molecular weight excluding hydrogens is 170 g/mol. The highest BCUT2D eigenvalue weighted by atomic mass is 19.2. The Morgan fingerprint density at radius 2 is 2.08 bits per heavy atom. The standard InChI is InChI=1S/C6H2F2N2O2/c7-3-4(8)12-6(10-3)5-9-1-2-11-5/h1-2H. The van der Waals surface area contributed by atoms with Crippen molar-refractivity contribution in [1.82, 2.24) is 9.97 Å². The smallest absolute Gasteiger partial charge is 0.336 e. The lowest BCUT2D eigenvalue weighted by molar-refractivity contribution is 0.327. The summed E-state index contributed by atoms with van der Waals surface area (Å²) in [5.74, 6) is -1.67. The van der Waals surface area contributed by atoms with Crippen LogP contribution < -0.4 is 0 Å². The third-order valence-electron chi connectivity index (χ3n) is 1.16. The van der Waals surface area contributed by atoms with Crippen molar-refractivity contribution in [2.24, 2.45) is 0 Å². The second-order valence-corrected chi connectivity index (χ2v) is 1.92. The van der Waals surface area contributed by atoms with Gasteiger partial charge in [-0.3, -0.25) is 0 Å². The summed E-state index contributed by atoms with van der Waals surface area (Å²) in [6.07, 6.45) is 2.56. The van der Waals surface area contributed by atoms with Crippen molar-refractivity contribution >= 4 is 0 Å². The molecule has 62 valence electrons. The number of aromatic nitrogens is 2. The van der Waals surface area contributed by atoms with Crippen LogP contribution in [-0.2, 0) is 0 Å². The average molecular weight is 172 g/mol. The summed E-state index contributed by atoms with van der Waals surface area (Å²) in [6, 6.07) is -1.37. The van der Waals surface area contributed by atoms with E-state index in [0.29, 0.717) is 0 Å². The molecule has 0 saturated carbocycles. The normalized spacial score (nSPS) is 10.5. The second kappa shape index (κ2) is 2.40. The van der Waals surface area contributed by atoms with Crippen LogP contribution in [0, 0.1) is 12.0 Å². The zero-order valence-corrected chi connectivity index (χ0v) is 5.62. The number of halogens is 2. The minimum Gasteiger partial charge on any atom is -0.441 e. The van der Waals surface area contributed by atoms with Gasteiger partial charge >= 0.3 is 6.01 Å². The molecule has 12 heavy (non-hydrogen) atoms. The van der Waals surface area contributed by atoms with E-state index in [1.54, 1.807) is 0 Å². The topological polar surface area (TPSA) is 52.1 Å². The first kappa shape index (κ1) is 6.96. The van der Waals surface area contributed by atoms with Gasteiger partial charge in [0.15, 0.2) is 0 Å². The van der Waals surface area contributed by atoms with E-state index in [4.69, 9.17) is 0 Å². The van der Waals surface area contributed by atoms with E-state index in [2.05, 4.69) is 18.8 Å². The summed E-state index contributed by atoms with van der Waals surface area (Å²) in [7, 11) is 0. The van der Waals surface area contributed by atoms with E-state index in [9.17, 15) is 8.78 Å². The van der Waals surface area contributed by atoms with Crippen LogP contribution in [0.25, 0.3) is 11.8 Å².